The number of hydrogen-bond donors (Lipinski definition) is 2. The summed E-state index contributed by atoms with van der Waals surface area (Å²) >= 11 is 0. The largest absolute Gasteiger partial charge is 0.327 e. The average molecular weight is 255 g/mol. The number of fused-ring (bicyclic) bond motifs is 1. The topological polar surface area (TPSA) is 69.0 Å². The van der Waals surface area contributed by atoms with Crippen LogP contribution in [0.15, 0.2) is 52.1 Å². The van der Waals surface area contributed by atoms with E-state index in [1.807, 2.05) is 47.4 Å². The first-order valence-electron chi connectivity index (χ1n) is 6.09. The smallest absolute Gasteiger partial charge is 0.324 e. The van der Waals surface area contributed by atoms with Gasteiger partial charge < -0.3 is 4.90 Å². The van der Waals surface area contributed by atoms with Crippen molar-refractivity contribution in [2.24, 2.45) is 0 Å². The maximum absolute atomic E-state index is 11.9. The third-order valence-electron chi connectivity index (χ3n) is 3.13. The third kappa shape index (κ3) is 2.10. The van der Waals surface area contributed by atoms with E-state index in [0.29, 0.717) is 24.3 Å². The first-order valence-corrected chi connectivity index (χ1v) is 6.09. The minimum Gasteiger partial charge on any atom is -0.324 e. The number of benzene rings is 1. The Kier molecular flexibility index (Phi) is 2.79. The van der Waals surface area contributed by atoms with E-state index in [9.17, 15) is 9.59 Å². The van der Waals surface area contributed by atoms with Crippen LogP contribution in [0.4, 0.5) is 11.5 Å². The number of allylic oxidation sites excluding steroid dienone is 1. The van der Waals surface area contributed by atoms with E-state index in [1.54, 1.807) is 0 Å². The third-order valence-corrected chi connectivity index (χ3v) is 3.13. The molecule has 1 aromatic heterocycles. The highest BCUT2D eigenvalue weighted by Crippen LogP contribution is 2.25. The molecule has 0 unspecified atom stereocenters. The molecule has 5 nitrogen and oxygen atoms in total. The van der Waals surface area contributed by atoms with E-state index in [0.717, 1.165) is 5.69 Å². The fourth-order valence-corrected chi connectivity index (χ4v) is 2.23. The lowest BCUT2D eigenvalue weighted by Crippen LogP contribution is -2.30. The molecule has 0 fully saturated rings. The van der Waals surface area contributed by atoms with Gasteiger partial charge in [0.05, 0.1) is 5.56 Å². The highest BCUT2D eigenvalue weighted by Gasteiger charge is 2.18. The Morgan fingerprint density at radius 3 is 2.58 bits per heavy atom. The summed E-state index contributed by atoms with van der Waals surface area (Å²) in [5.41, 5.74) is 0.714. The quantitative estimate of drug-likeness (QED) is 0.755. The molecule has 1 aromatic carbocycles. The van der Waals surface area contributed by atoms with Gasteiger partial charge in [0.25, 0.3) is 5.56 Å². The predicted molar refractivity (Wildman–Crippen MR) is 74.0 cm³/mol. The highest BCUT2D eigenvalue weighted by molar-refractivity contribution is 5.63. The Hall–Kier alpha value is -2.56. The first-order chi connectivity index (χ1) is 9.25. The average Bonchev–Trinajstić information content (AvgIpc) is 2.62. The summed E-state index contributed by atoms with van der Waals surface area (Å²) in [6.07, 6.45) is 4.45. The Morgan fingerprint density at radius 1 is 1.00 bits per heavy atom. The van der Waals surface area contributed by atoms with Gasteiger partial charge in [-0.2, -0.15) is 0 Å². The molecule has 0 saturated carbocycles. The van der Waals surface area contributed by atoms with Crippen molar-refractivity contribution < 1.29 is 0 Å². The molecule has 1 aliphatic rings. The number of H-pyrrole nitrogens is 2. The van der Waals surface area contributed by atoms with Crippen molar-refractivity contribution in [3.63, 3.8) is 0 Å². The van der Waals surface area contributed by atoms with Crippen LogP contribution in [0.2, 0.25) is 0 Å². The highest BCUT2D eigenvalue weighted by atomic mass is 16.2. The molecule has 0 bridgehead atoms. The van der Waals surface area contributed by atoms with Gasteiger partial charge in [-0.15, -0.1) is 0 Å². The van der Waals surface area contributed by atoms with E-state index in [1.165, 1.54) is 0 Å². The van der Waals surface area contributed by atoms with Gasteiger partial charge in [-0.25, -0.2) is 4.79 Å². The molecule has 96 valence electrons. The molecule has 19 heavy (non-hydrogen) atoms. The van der Waals surface area contributed by atoms with Crippen LogP contribution >= 0.6 is 0 Å². The van der Waals surface area contributed by atoms with Crippen LogP contribution in [0.3, 0.4) is 0 Å². The summed E-state index contributed by atoms with van der Waals surface area (Å²) in [6, 6.07) is 9.67. The maximum Gasteiger partial charge on any atom is 0.327 e. The molecule has 3 rings (SSSR count). The van der Waals surface area contributed by atoms with Crippen molar-refractivity contribution in [3.05, 3.63) is 68.9 Å². The monoisotopic (exact) mass is 255 g/mol. The van der Waals surface area contributed by atoms with Gasteiger partial charge >= 0.3 is 5.69 Å². The second-order valence-corrected chi connectivity index (χ2v) is 4.36. The molecule has 2 aromatic rings. The van der Waals surface area contributed by atoms with Gasteiger partial charge in [0.15, 0.2) is 0 Å². The fourth-order valence-electron chi connectivity index (χ4n) is 2.23. The number of aromatic nitrogens is 2. The molecule has 0 amide bonds. The lowest BCUT2D eigenvalue weighted by molar-refractivity contribution is 0.947. The predicted octanol–water partition coefficient (Wildman–Crippen LogP) is 1.31. The van der Waals surface area contributed by atoms with E-state index in [2.05, 4.69) is 9.97 Å². The zero-order valence-electron chi connectivity index (χ0n) is 10.2. The van der Waals surface area contributed by atoms with Gasteiger partial charge in [-0.3, -0.25) is 14.8 Å². The van der Waals surface area contributed by atoms with E-state index < -0.39 is 5.69 Å². The summed E-state index contributed by atoms with van der Waals surface area (Å²) in [5, 5.41) is 0. The Bertz CT molecular complexity index is 728. The summed E-state index contributed by atoms with van der Waals surface area (Å²) in [5.74, 6) is 0.574. The Balaban J connectivity index is 2.22. The standard InChI is InChI=1S/C14H13N3O2/c18-13-11-8-4-5-9-17(10-6-2-1-3-7-10)12(11)15-14(19)16-13/h1-7H,8-9H2,(H2,15,16,18,19). The second-order valence-electron chi connectivity index (χ2n) is 4.36. The van der Waals surface area contributed by atoms with Crippen LogP contribution in [0.1, 0.15) is 5.56 Å². The molecule has 2 N–H and O–H groups in total. The maximum atomic E-state index is 11.9. The summed E-state index contributed by atoms with van der Waals surface area (Å²) in [7, 11) is 0. The SMILES string of the molecule is O=c1[nH]c2c(c(=O)[nH]1)CC=CCN2c1ccccc1. The summed E-state index contributed by atoms with van der Waals surface area (Å²) in [6.45, 7) is 0.621. The van der Waals surface area contributed by atoms with Crippen molar-refractivity contribution in [1.82, 2.24) is 9.97 Å². The zero-order chi connectivity index (χ0) is 13.2. The minimum absolute atomic E-state index is 0.328. The number of nitrogens with zero attached hydrogens (tertiary/aromatic N) is 1. The Labute approximate surface area is 109 Å². The van der Waals surface area contributed by atoms with Gasteiger partial charge in [0.2, 0.25) is 0 Å². The normalized spacial score (nSPS) is 14.0. The van der Waals surface area contributed by atoms with Crippen LogP contribution in [0.25, 0.3) is 0 Å². The Morgan fingerprint density at radius 2 is 1.79 bits per heavy atom. The second kappa shape index (κ2) is 4.61. The molecule has 1 aliphatic heterocycles. The minimum atomic E-state index is -0.480. The van der Waals surface area contributed by atoms with E-state index >= 15 is 0 Å². The van der Waals surface area contributed by atoms with Gasteiger partial charge in [0.1, 0.15) is 5.82 Å². The molecular weight excluding hydrogens is 242 g/mol. The lowest BCUT2D eigenvalue weighted by atomic mass is 10.2. The first kappa shape index (κ1) is 11.5. The zero-order valence-corrected chi connectivity index (χ0v) is 10.2. The van der Waals surface area contributed by atoms with Gasteiger partial charge in [0, 0.05) is 12.2 Å². The van der Waals surface area contributed by atoms with E-state index in [4.69, 9.17) is 0 Å². The number of anilines is 2. The number of para-hydroxylation sites is 1. The van der Waals surface area contributed by atoms with Crippen LogP contribution in [-0.4, -0.2) is 16.5 Å². The summed E-state index contributed by atoms with van der Waals surface area (Å²) < 4.78 is 0. The number of nitrogens with one attached hydrogen (secondary N) is 2. The van der Waals surface area contributed by atoms with Crippen molar-refractivity contribution in [3.8, 4) is 0 Å². The molecule has 5 heteroatoms. The van der Waals surface area contributed by atoms with E-state index in [-0.39, 0.29) is 5.56 Å². The van der Waals surface area contributed by atoms with Gasteiger partial charge in [-0.1, -0.05) is 30.4 Å². The lowest BCUT2D eigenvalue weighted by Gasteiger charge is -2.23. The molecular formula is C14H13N3O2. The van der Waals surface area contributed by atoms with Crippen LogP contribution in [-0.2, 0) is 6.42 Å². The molecule has 0 atom stereocenters. The summed E-state index contributed by atoms with van der Waals surface area (Å²) in [4.78, 5) is 30.3. The number of aromatic amines is 2. The van der Waals surface area contributed by atoms with Crippen molar-refractivity contribution in [1.29, 1.82) is 0 Å². The molecule has 0 saturated heterocycles. The van der Waals surface area contributed by atoms with Crippen LogP contribution in [0.5, 0.6) is 0 Å². The number of hydrogen-bond acceptors (Lipinski definition) is 3. The number of rotatable bonds is 1. The van der Waals surface area contributed by atoms with Crippen LogP contribution < -0.4 is 16.1 Å². The fraction of sp³-hybridized carbons (Fsp3) is 0.143. The molecule has 0 aliphatic carbocycles. The molecule has 2 heterocycles. The molecule has 0 spiro atoms. The van der Waals surface area contributed by atoms with Crippen LogP contribution in [0, 0.1) is 0 Å². The van der Waals surface area contributed by atoms with Crippen molar-refractivity contribution in [2.45, 2.75) is 6.42 Å². The van der Waals surface area contributed by atoms with Crippen molar-refractivity contribution >= 4 is 11.5 Å². The van der Waals surface area contributed by atoms with Crippen molar-refractivity contribution in [2.75, 3.05) is 11.4 Å². The van der Waals surface area contributed by atoms with Gasteiger partial charge in [-0.05, 0) is 18.6 Å². The molecule has 0 radical (unpaired) electrons.